The van der Waals surface area contributed by atoms with E-state index >= 15 is 0 Å². The summed E-state index contributed by atoms with van der Waals surface area (Å²) >= 11 is 2.17. The molecule has 0 bridgehead atoms. The Morgan fingerprint density at radius 1 is 1.27 bits per heavy atom. The summed E-state index contributed by atoms with van der Waals surface area (Å²) in [5.41, 5.74) is 0.453. The molecule has 1 aromatic carbocycles. The van der Waals surface area contributed by atoms with Crippen molar-refractivity contribution < 1.29 is 24.5 Å². The summed E-state index contributed by atoms with van der Waals surface area (Å²) in [6.45, 7) is 3.69. The van der Waals surface area contributed by atoms with Crippen molar-refractivity contribution in [3.63, 3.8) is 0 Å². The zero-order chi connectivity index (χ0) is 23.8. The van der Waals surface area contributed by atoms with Crippen molar-refractivity contribution in [3.8, 4) is 5.75 Å². The quantitative estimate of drug-likeness (QED) is 0.298. The van der Waals surface area contributed by atoms with Crippen LogP contribution in [-0.4, -0.2) is 64.4 Å². The molecule has 180 valence electrons. The fourth-order valence-corrected chi connectivity index (χ4v) is 5.15. The number of aliphatic hydroxyl groups is 2. The van der Waals surface area contributed by atoms with E-state index in [9.17, 15) is 14.7 Å². The molecule has 0 unspecified atom stereocenters. The van der Waals surface area contributed by atoms with Gasteiger partial charge >= 0.3 is 0 Å². The molecule has 7 nitrogen and oxygen atoms in total. The molecule has 1 aromatic rings. The Balaban J connectivity index is 1.93. The van der Waals surface area contributed by atoms with Crippen LogP contribution in [0.2, 0.25) is 0 Å². The second-order valence-corrected chi connectivity index (χ2v) is 9.68. The Labute approximate surface area is 209 Å². The number of hydrogen-bond donors (Lipinski definition) is 3. The van der Waals surface area contributed by atoms with E-state index in [0.717, 1.165) is 29.3 Å². The number of para-hydroxylation sites is 1. The lowest BCUT2D eigenvalue weighted by atomic mass is 9.87. The van der Waals surface area contributed by atoms with Crippen LogP contribution in [0, 0.1) is 3.57 Å². The van der Waals surface area contributed by atoms with E-state index in [0.29, 0.717) is 24.2 Å². The Bertz CT molecular complexity index is 868. The molecule has 0 radical (unpaired) electrons. The first-order valence-electron chi connectivity index (χ1n) is 11.6. The first kappa shape index (κ1) is 25.7. The fourth-order valence-electron chi connectivity index (χ4n) is 4.63. The summed E-state index contributed by atoms with van der Waals surface area (Å²) in [5, 5.41) is 23.2. The molecule has 33 heavy (non-hydrogen) atoms. The van der Waals surface area contributed by atoms with Gasteiger partial charge in [-0.05, 0) is 60.1 Å². The number of aliphatic hydroxyl groups excluding tert-OH is 2. The van der Waals surface area contributed by atoms with Crippen molar-refractivity contribution in [1.29, 1.82) is 0 Å². The summed E-state index contributed by atoms with van der Waals surface area (Å²) in [6, 6.07) is 6.95. The molecular formula is C25H33IN2O5. The van der Waals surface area contributed by atoms with E-state index in [4.69, 9.17) is 9.84 Å². The summed E-state index contributed by atoms with van der Waals surface area (Å²) < 4.78 is 7.06. The fraction of sp³-hybridized carbons (Fsp3) is 0.520. The third-order valence-corrected chi connectivity index (χ3v) is 7.13. The average Bonchev–Trinajstić information content (AvgIpc) is 3.34. The molecule has 2 amide bonds. The minimum atomic E-state index is -0.983. The molecule has 0 heterocycles. The van der Waals surface area contributed by atoms with Crippen molar-refractivity contribution in [1.82, 2.24) is 10.2 Å². The Morgan fingerprint density at radius 3 is 2.67 bits per heavy atom. The summed E-state index contributed by atoms with van der Waals surface area (Å²) in [4.78, 5) is 27.9. The van der Waals surface area contributed by atoms with Crippen LogP contribution in [0.5, 0.6) is 5.75 Å². The van der Waals surface area contributed by atoms with Gasteiger partial charge in [0.25, 0.3) is 0 Å². The van der Waals surface area contributed by atoms with Gasteiger partial charge in [-0.3, -0.25) is 9.59 Å². The number of carbonyl (C=O) groups excluding carboxylic acids is 2. The number of amides is 2. The van der Waals surface area contributed by atoms with Crippen LogP contribution in [0.1, 0.15) is 44.9 Å². The van der Waals surface area contributed by atoms with Crippen LogP contribution in [0.15, 0.2) is 48.6 Å². The topological polar surface area (TPSA) is 99.1 Å². The zero-order valence-electron chi connectivity index (χ0n) is 18.8. The Morgan fingerprint density at radius 2 is 2.00 bits per heavy atom. The Hall–Kier alpha value is -1.91. The average molecular weight is 568 g/mol. The van der Waals surface area contributed by atoms with Gasteiger partial charge in [0.15, 0.2) is 0 Å². The lowest BCUT2D eigenvalue weighted by Gasteiger charge is -2.43. The number of benzene rings is 1. The number of hydrogen-bond acceptors (Lipinski definition) is 5. The number of halogens is 1. The van der Waals surface area contributed by atoms with Crippen molar-refractivity contribution >= 4 is 34.4 Å². The SMILES string of the molecule is C=CCCC(=O)N(C1CCCC1)[C@@H]1CC(C(=O)NCCO)=C[C@H](Oc2ccccc2I)[C@H]1O. The Kier molecular flexibility index (Phi) is 9.76. The van der Waals surface area contributed by atoms with E-state index < -0.39 is 18.2 Å². The van der Waals surface area contributed by atoms with Gasteiger partial charge in [-0.1, -0.05) is 31.1 Å². The van der Waals surface area contributed by atoms with Crippen LogP contribution in [0.25, 0.3) is 0 Å². The molecule has 1 saturated carbocycles. The number of carbonyl (C=O) groups is 2. The number of nitrogens with zero attached hydrogens (tertiary/aromatic N) is 1. The van der Waals surface area contributed by atoms with E-state index in [1.165, 1.54) is 0 Å². The predicted molar refractivity (Wildman–Crippen MR) is 135 cm³/mol. The van der Waals surface area contributed by atoms with Gasteiger partial charge in [-0.25, -0.2) is 0 Å². The van der Waals surface area contributed by atoms with Gasteiger partial charge in [0.1, 0.15) is 18.0 Å². The lowest BCUT2D eigenvalue weighted by molar-refractivity contribution is -0.142. The molecule has 0 spiro atoms. The minimum Gasteiger partial charge on any atom is -0.482 e. The third kappa shape index (κ3) is 6.58. The zero-order valence-corrected chi connectivity index (χ0v) is 20.9. The van der Waals surface area contributed by atoms with E-state index in [-0.39, 0.29) is 37.4 Å². The van der Waals surface area contributed by atoms with Crippen molar-refractivity contribution in [2.75, 3.05) is 13.2 Å². The third-order valence-electron chi connectivity index (χ3n) is 6.24. The monoisotopic (exact) mass is 568 g/mol. The van der Waals surface area contributed by atoms with Gasteiger partial charge < -0.3 is 25.2 Å². The number of nitrogens with one attached hydrogen (secondary N) is 1. The second kappa shape index (κ2) is 12.5. The smallest absolute Gasteiger partial charge is 0.247 e. The summed E-state index contributed by atoms with van der Waals surface area (Å²) in [6.07, 6.45) is 6.59. The highest BCUT2D eigenvalue weighted by Crippen LogP contribution is 2.34. The highest BCUT2D eigenvalue weighted by molar-refractivity contribution is 14.1. The maximum atomic E-state index is 13.3. The van der Waals surface area contributed by atoms with Gasteiger partial charge in [0.05, 0.1) is 16.2 Å². The molecule has 0 aromatic heterocycles. The molecule has 2 aliphatic carbocycles. The van der Waals surface area contributed by atoms with Gasteiger partial charge in [0.2, 0.25) is 11.8 Å². The highest BCUT2D eigenvalue weighted by Gasteiger charge is 2.43. The lowest BCUT2D eigenvalue weighted by Crippen LogP contribution is -2.57. The van der Waals surface area contributed by atoms with Crippen molar-refractivity contribution in [3.05, 3.63) is 52.1 Å². The van der Waals surface area contributed by atoms with Gasteiger partial charge in [0, 0.05) is 31.0 Å². The molecule has 3 atom stereocenters. The number of rotatable bonds is 10. The summed E-state index contributed by atoms with van der Waals surface area (Å²) in [5.74, 6) is 0.262. The van der Waals surface area contributed by atoms with Crippen LogP contribution in [0.3, 0.4) is 0 Å². The molecule has 8 heteroatoms. The van der Waals surface area contributed by atoms with Crippen LogP contribution in [0.4, 0.5) is 0 Å². The maximum Gasteiger partial charge on any atom is 0.247 e. The van der Waals surface area contributed by atoms with Crippen molar-refractivity contribution in [2.24, 2.45) is 0 Å². The second-order valence-electron chi connectivity index (χ2n) is 8.51. The first-order chi connectivity index (χ1) is 16.0. The van der Waals surface area contributed by atoms with E-state index in [2.05, 4.69) is 34.5 Å². The molecule has 3 N–H and O–H groups in total. The predicted octanol–water partition coefficient (Wildman–Crippen LogP) is 2.94. The summed E-state index contributed by atoms with van der Waals surface area (Å²) in [7, 11) is 0. The molecule has 3 rings (SSSR count). The normalized spacial score (nSPS) is 23.0. The van der Waals surface area contributed by atoms with Crippen LogP contribution < -0.4 is 10.1 Å². The molecule has 0 saturated heterocycles. The first-order valence-corrected chi connectivity index (χ1v) is 12.6. The molecule has 1 fully saturated rings. The van der Waals surface area contributed by atoms with Crippen LogP contribution >= 0.6 is 22.6 Å². The minimum absolute atomic E-state index is 0.0316. The maximum absolute atomic E-state index is 13.3. The number of allylic oxidation sites excluding steroid dienone is 1. The van der Waals surface area contributed by atoms with Gasteiger partial charge in [-0.15, -0.1) is 6.58 Å². The molecule has 0 aliphatic heterocycles. The van der Waals surface area contributed by atoms with Crippen LogP contribution in [-0.2, 0) is 9.59 Å². The largest absolute Gasteiger partial charge is 0.482 e. The van der Waals surface area contributed by atoms with Crippen molar-refractivity contribution in [2.45, 2.75) is 69.2 Å². The van der Waals surface area contributed by atoms with E-state index in [1.54, 1.807) is 12.2 Å². The van der Waals surface area contributed by atoms with Gasteiger partial charge in [-0.2, -0.15) is 0 Å². The standard InChI is InChI=1S/C25H33IN2O5/c1-2-3-12-23(30)28(18-8-4-5-9-18)20-15-17(25(32)27-13-14-29)16-22(24(20)31)33-21-11-7-6-10-19(21)26/h2,6-7,10-11,16,18,20,22,24,29,31H,1,3-5,8-9,12-15H2,(H,27,32)/t20-,22+,24+/m1/s1. The molecule has 2 aliphatic rings. The molecular weight excluding hydrogens is 535 g/mol. The highest BCUT2D eigenvalue weighted by atomic mass is 127. The van der Waals surface area contributed by atoms with E-state index in [1.807, 2.05) is 29.2 Å². The number of ether oxygens (including phenoxy) is 1.